The van der Waals surface area contributed by atoms with Crippen molar-refractivity contribution in [1.82, 2.24) is 0 Å². The van der Waals surface area contributed by atoms with E-state index in [4.69, 9.17) is 0 Å². The zero-order valence-electron chi connectivity index (χ0n) is 10.2. The van der Waals surface area contributed by atoms with Crippen molar-refractivity contribution in [3.05, 3.63) is 68.6 Å². The molecule has 0 radical (unpaired) electrons. The van der Waals surface area contributed by atoms with Gasteiger partial charge >= 0.3 is 0 Å². The Balaban J connectivity index is 2.61. The highest BCUT2D eigenvalue weighted by Gasteiger charge is 2.39. The van der Waals surface area contributed by atoms with Gasteiger partial charge in [0.25, 0.3) is 0 Å². The molecule has 102 valence electrons. The molecule has 0 bridgehead atoms. The molecule has 2 aromatic rings. The number of aldehydes is 1. The van der Waals surface area contributed by atoms with E-state index in [0.717, 1.165) is 8.95 Å². The zero-order chi connectivity index (χ0) is 14.8. The van der Waals surface area contributed by atoms with Crippen molar-refractivity contribution >= 4 is 43.9 Å². The van der Waals surface area contributed by atoms with Gasteiger partial charge in [-0.2, -0.15) is 0 Å². The zero-order valence-corrected chi connectivity index (χ0v) is 13.4. The predicted octanol–water partition coefficient (Wildman–Crippen LogP) is 3.22. The summed E-state index contributed by atoms with van der Waals surface area (Å²) in [5, 5.41) is 10.8. The molecule has 0 spiro atoms. The van der Waals surface area contributed by atoms with Crippen molar-refractivity contribution in [3.8, 4) is 0 Å². The second-order valence-electron chi connectivity index (χ2n) is 4.21. The fourth-order valence-electron chi connectivity index (χ4n) is 1.92. The van der Waals surface area contributed by atoms with Crippen LogP contribution < -0.4 is 0 Å². The van der Waals surface area contributed by atoms with Crippen LogP contribution in [0.3, 0.4) is 0 Å². The molecular weight excluding hydrogens is 388 g/mol. The van der Waals surface area contributed by atoms with Crippen LogP contribution >= 0.6 is 31.9 Å². The molecule has 0 amide bonds. The van der Waals surface area contributed by atoms with Crippen molar-refractivity contribution < 1.29 is 14.7 Å². The fraction of sp³-hybridized carbons (Fsp3) is 0.0667. The van der Waals surface area contributed by atoms with Gasteiger partial charge in [-0.3, -0.25) is 9.59 Å². The summed E-state index contributed by atoms with van der Waals surface area (Å²) >= 11 is 6.58. The first kappa shape index (κ1) is 15.1. The molecule has 0 atom stereocenters. The van der Waals surface area contributed by atoms with Gasteiger partial charge in [0.1, 0.15) is 0 Å². The Kier molecular flexibility index (Phi) is 4.52. The number of Topliss-reactive ketones (excluding diaryl/α,β-unsaturated/α-hetero) is 1. The van der Waals surface area contributed by atoms with Gasteiger partial charge < -0.3 is 5.11 Å². The number of hydrogen-bond acceptors (Lipinski definition) is 3. The molecular formula is C15H10Br2O3. The van der Waals surface area contributed by atoms with Gasteiger partial charge in [0.05, 0.1) is 0 Å². The number of rotatable bonds is 4. The van der Waals surface area contributed by atoms with Crippen LogP contribution in [0.5, 0.6) is 0 Å². The molecule has 0 aliphatic rings. The number of carbonyl (C=O) groups excluding carboxylic acids is 2. The van der Waals surface area contributed by atoms with E-state index >= 15 is 0 Å². The van der Waals surface area contributed by atoms with Crippen LogP contribution in [0.25, 0.3) is 0 Å². The van der Waals surface area contributed by atoms with E-state index in [1.807, 2.05) is 0 Å². The molecule has 0 saturated heterocycles. The number of aliphatic hydroxyl groups is 1. The minimum absolute atomic E-state index is 0.143. The van der Waals surface area contributed by atoms with Gasteiger partial charge in [0.15, 0.2) is 11.9 Å². The smallest absolute Gasteiger partial charge is 0.235 e. The molecule has 0 aliphatic carbocycles. The lowest BCUT2D eigenvalue weighted by molar-refractivity contribution is -0.140. The van der Waals surface area contributed by atoms with Crippen molar-refractivity contribution in [2.75, 3.05) is 0 Å². The van der Waals surface area contributed by atoms with Crippen molar-refractivity contribution in [1.29, 1.82) is 0 Å². The molecule has 0 fully saturated rings. The molecule has 0 heterocycles. The van der Waals surface area contributed by atoms with Crippen LogP contribution in [0.4, 0.5) is 0 Å². The maximum atomic E-state index is 12.0. The Morgan fingerprint density at radius 3 is 1.55 bits per heavy atom. The van der Waals surface area contributed by atoms with E-state index in [-0.39, 0.29) is 6.29 Å². The lowest BCUT2D eigenvalue weighted by Crippen LogP contribution is -2.37. The Bertz CT molecular complexity index is 588. The van der Waals surface area contributed by atoms with Gasteiger partial charge in [0, 0.05) is 8.95 Å². The predicted molar refractivity (Wildman–Crippen MR) is 82.4 cm³/mol. The molecule has 0 aromatic heterocycles. The minimum Gasteiger partial charge on any atom is -0.373 e. The van der Waals surface area contributed by atoms with Crippen LogP contribution in [0.15, 0.2) is 57.5 Å². The van der Waals surface area contributed by atoms with Gasteiger partial charge in [-0.15, -0.1) is 0 Å². The number of ketones is 1. The van der Waals surface area contributed by atoms with Crippen LogP contribution in [0.2, 0.25) is 0 Å². The Hall–Kier alpha value is -1.30. The highest BCUT2D eigenvalue weighted by Crippen LogP contribution is 2.31. The summed E-state index contributed by atoms with van der Waals surface area (Å²) in [6.07, 6.45) is 0.143. The van der Waals surface area contributed by atoms with Gasteiger partial charge in [-0.05, 0) is 35.4 Å². The Morgan fingerprint density at radius 1 is 0.900 bits per heavy atom. The number of benzene rings is 2. The molecule has 5 heteroatoms. The summed E-state index contributed by atoms with van der Waals surface area (Å²) in [5.41, 5.74) is -1.27. The van der Waals surface area contributed by atoms with E-state index < -0.39 is 11.4 Å². The van der Waals surface area contributed by atoms with Crippen molar-refractivity contribution in [2.24, 2.45) is 0 Å². The van der Waals surface area contributed by atoms with Gasteiger partial charge in [-0.25, -0.2) is 0 Å². The van der Waals surface area contributed by atoms with Crippen LogP contribution in [-0.4, -0.2) is 17.2 Å². The van der Waals surface area contributed by atoms with Crippen LogP contribution in [-0.2, 0) is 15.2 Å². The Labute approximate surface area is 132 Å². The normalized spacial score (nSPS) is 11.2. The van der Waals surface area contributed by atoms with E-state index in [9.17, 15) is 14.7 Å². The van der Waals surface area contributed by atoms with Crippen molar-refractivity contribution in [3.63, 3.8) is 0 Å². The number of halogens is 2. The first-order valence-electron chi connectivity index (χ1n) is 5.72. The summed E-state index contributed by atoms with van der Waals surface area (Å²) in [4.78, 5) is 22.9. The summed E-state index contributed by atoms with van der Waals surface area (Å²) in [6, 6.07) is 13.2. The standard InChI is InChI=1S/C15H10Br2O3/c16-12-5-1-10(2-6-12)15(20,14(19)9-18)11-3-7-13(17)8-4-11/h1-9,20H. The first-order valence-corrected chi connectivity index (χ1v) is 7.31. The summed E-state index contributed by atoms with van der Waals surface area (Å²) in [5.74, 6) is -0.901. The van der Waals surface area contributed by atoms with Crippen molar-refractivity contribution in [2.45, 2.75) is 5.60 Å². The second kappa shape index (κ2) is 5.99. The Morgan fingerprint density at radius 2 is 1.25 bits per heavy atom. The van der Waals surface area contributed by atoms with E-state index in [0.29, 0.717) is 11.1 Å². The number of carbonyl (C=O) groups is 2. The lowest BCUT2D eigenvalue weighted by Gasteiger charge is -2.25. The molecule has 0 unspecified atom stereocenters. The molecule has 2 aromatic carbocycles. The maximum Gasteiger partial charge on any atom is 0.235 e. The molecule has 1 N–H and O–H groups in total. The van der Waals surface area contributed by atoms with Gasteiger partial charge in [0.2, 0.25) is 5.78 Å². The SMILES string of the molecule is O=CC(=O)C(O)(c1ccc(Br)cc1)c1ccc(Br)cc1. The third-order valence-electron chi connectivity index (χ3n) is 2.99. The average molecular weight is 398 g/mol. The topological polar surface area (TPSA) is 54.4 Å². The average Bonchev–Trinajstić information content (AvgIpc) is 2.47. The lowest BCUT2D eigenvalue weighted by atomic mass is 9.83. The first-order chi connectivity index (χ1) is 9.48. The summed E-state index contributed by atoms with van der Waals surface area (Å²) < 4.78 is 1.64. The van der Waals surface area contributed by atoms with E-state index in [1.54, 1.807) is 48.5 Å². The van der Waals surface area contributed by atoms with E-state index in [1.165, 1.54) is 0 Å². The minimum atomic E-state index is -1.97. The molecule has 20 heavy (non-hydrogen) atoms. The second-order valence-corrected chi connectivity index (χ2v) is 6.04. The molecule has 0 aliphatic heterocycles. The third-order valence-corrected chi connectivity index (χ3v) is 4.04. The van der Waals surface area contributed by atoms with Crippen LogP contribution in [0, 0.1) is 0 Å². The highest BCUT2D eigenvalue weighted by atomic mass is 79.9. The van der Waals surface area contributed by atoms with Crippen LogP contribution in [0.1, 0.15) is 11.1 Å². The summed E-state index contributed by atoms with van der Waals surface area (Å²) in [6.45, 7) is 0. The highest BCUT2D eigenvalue weighted by molar-refractivity contribution is 9.10. The maximum absolute atomic E-state index is 12.0. The largest absolute Gasteiger partial charge is 0.373 e. The fourth-order valence-corrected chi connectivity index (χ4v) is 2.45. The van der Waals surface area contributed by atoms with E-state index in [2.05, 4.69) is 31.9 Å². The molecule has 2 rings (SSSR count). The quantitative estimate of drug-likeness (QED) is 0.636. The third kappa shape index (κ3) is 2.75. The molecule has 3 nitrogen and oxygen atoms in total. The molecule has 0 saturated carbocycles. The summed E-state index contributed by atoms with van der Waals surface area (Å²) in [7, 11) is 0. The number of hydrogen-bond donors (Lipinski definition) is 1. The monoisotopic (exact) mass is 396 g/mol. The van der Waals surface area contributed by atoms with Gasteiger partial charge in [-0.1, -0.05) is 56.1 Å².